The summed E-state index contributed by atoms with van der Waals surface area (Å²) in [5.41, 5.74) is 0. The van der Waals surface area contributed by atoms with Gasteiger partial charge in [-0.25, -0.2) is 8.42 Å². The highest BCUT2D eigenvalue weighted by molar-refractivity contribution is 7.98. The molecule has 108 valence electrons. The number of sulfone groups is 1. The summed E-state index contributed by atoms with van der Waals surface area (Å²) in [6.45, 7) is 0.716. The van der Waals surface area contributed by atoms with Crippen molar-refractivity contribution >= 4 is 21.6 Å². The largest absolute Gasteiger partial charge is 0.464 e. The minimum absolute atomic E-state index is 0.344. The molecule has 20 heavy (non-hydrogen) atoms. The average Bonchev–Trinajstić information content (AvgIpc) is 2.84. The van der Waals surface area contributed by atoms with Gasteiger partial charge in [0.25, 0.3) is 0 Å². The molecule has 6 heteroatoms. The van der Waals surface area contributed by atoms with Crippen molar-refractivity contribution in [3.8, 4) is 0 Å². The summed E-state index contributed by atoms with van der Waals surface area (Å²) in [6.07, 6.45) is 1.21. The Hall–Kier alpha value is -1.24. The van der Waals surface area contributed by atoms with Crippen LogP contribution in [0.3, 0.4) is 0 Å². The predicted octanol–water partition coefficient (Wildman–Crippen LogP) is 2.69. The van der Waals surface area contributed by atoms with E-state index in [-0.39, 0.29) is 0 Å². The van der Waals surface area contributed by atoms with Crippen molar-refractivity contribution in [3.63, 3.8) is 0 Å². The zero-order chi connectivity index (χ0) is 14.6. The zero-order valence-electron chi connectivity index (χ0n) is 11.4. The third-order valence-corrected chi connectivity index (χ3v) is 4.86. The van der Waals surface area contributed by atoms with Crippen LogP contribution in [0.25, 0.3) is 0 Å². The first kappa shape index (κ1) is 15.2. The fourth-order valence-corrected chi connectivity index (χ4v) is 3.13. The van der Waals surface area contributed by atoms with E-state index < -0.39 is 9.84 Å². The summed E-state index contributed by atoms with van der Waals surface area (Å²) in [4.78, 5) is 1.36. The number of hydrogen-bond donors (Lipinski definition) is 1. The molecular formula is C14H17NO3S2. The summed E-state index contributed by atoms with van der Waals surface area (Å²) in [7, 11) is -1.25. The van der Waals surface area contributed by atoms with Gasteiger partial charge >= 0.3 is 0 Å². The molecule has 2 rings (SSSR count). The second kappa shape index (κ2) is 6.47. The molecule has 1 N–H and O–H groups in total. The van der Waals surface area contributed by atoms with E-state index in [4.69, 9.17) is 4.42 Å². The van der Waals surface area contributed by atoms with Gasteiger partial charge in [0.15, 0.2) is 9.84 Å². The molecule has 0 saturated heterocycles. The van der Waals surface area contributed by atoms with E-state index in [1.54, 1.807) is 23.9 Å². The van der Waals surface area contributed by atoms with Crippen molar-refractivity contribution in [2.24, 2.45) is 0 Å². The van der Waals surface area contributed by atoms with Crippen LogP contribution < -0.4 is 5.32 Å². The zero-order valence-corrected chi connectivity index (χ0v) is 13.1. The molecule has 0 spiro atoms. The van der Waals surface area contributed by atoms with Crippen LogP contribution in [0.4, 0.5) is 0 Å². The predicted molar refractivity (Wildman–Crippen MR) is 80.6 cm³/mol. The standard InChI is InChI=1S/C14H17NO3S2/c1-15-9-11-3-4-12(18-11)10-19-13-5-7-14(8-6-13)20(2,16)17/h3-8,15H,9-10H2,1-2H3. The summed E-state index contributed by atoms with van der Waals surface area (Å²) in [5, 5.41) is 3.03. The number of nitrogens with one attached hydrogen (secondary N) is 1. The van der Waals surface area contributed by atoms with Gasteiger partial charge in [0.1, 0.15) is 11.5 Å². The quantitative estimate of drug-likeness (QED) is 0.831. The summed E-state index contributed by atoms with van der Waals surface area (Å²) < 4.78 is 28.4. The molecule has 2 aromatic rings. The molecular weight excluding hydrogens is 294 g/mol. The molecule has 0 atom stereocenters. The fourth-order valence-electron chi connectivity index (χ4n) is 1.71. The highest BCUT2D eigenvalue weighted by Crippen LogP contribution is 2.25. The second-order valence-electron chi connectivity index (χ2n) is 4.43. The van der Waals surface area contributed by atoms with Crippen molar-refractivity contribution in [2.75, 3.05) is 13.3 Å². The molecule has 0 aliphatic rings. The molecule has 0 radical (unpaired) electrons. The number of benzene rings is 1. The Balaban J connectivity index is 1.96. The summed E-state index contributed by atoms with van der Waals surface area (Å²) >= 11 is 1.62. The van der Waals surface area contributed by atoms with Gasteiger partial charge in [0, 0.05) is 11.2 Å². The van der Waals surface area contributed by atoms with Gasteiger partial charge in [0.05, 0.1) is 17.2 Å². The Bertz CT molecular complexity index is 660. The lowest BCUT2D eigenvalue weighted by molar-refractivity contribution is 0.469. The van der Waals surface area contributed by atoms with E-state index >= 15 is 0 Å². The molecule has 0 fully saturated rings. The second-order valence-corrected chi connectivity index (χ2v) is 7.50. The van der Waals surface area contributed by atoms with Gasteiger partial charge in [-0.2, -0.15) is 0 Å². The van der Waals surface area contributed by atoms with Gasteiger partial charge in [0.2, 0.25) is 0 Å². The molecule has 1 aromatic heterocycles. The number of hydrogen-bond acceptors (Lipinski definition) is 5. The van der Waals surface area contributed by atoms with Crippen molar-refractivity contribution in [1.82, 2.24) is 5.32 Å². The molecule has 0 saturated carbocycles. The van der Waals surface area contributed by atoms with E-state index in [1.807, 2.05) is 31.3 Å². The minimum atomic E-state index is -3.12. The Labute approximate surface area is 123 Å². The Morgan fingerprint density at radius 1 is 1.10 bits per heavy atom. The third-order valence-electron chi connectivity index (χ3n) is 2.70. The Morgan fingerprint density at radius 2 is 1.75 bits per heavy atom. The van der Waals surface area contributed by atoms with E-state index in [2.05, 4.69) is 5.32 Å². The molecule has 0 amide bonds. The molecule has 4 nitrogen and oxygen atoms in total. The first-order valence-corrected chi connectivity index (χ1v) is 9.02. The monoisotopic (exact) mass is 311 g/mol. The molecule has 1 heterocycles. The highest BCUT2D eigenvalue weighted by Gasteiger charge is 2.07. The van der Waals surface area contributed by atoms with Gasteiger partial charge in [-0.3, -0.25) is 0 Å². The topological polar surface area (TPSA) is 59.3 Å². The van der Waals surface area contributed by atoms with Crippen molar-refractivity contribution in [3.05, 3.63) is 47.9 Å². The Kier molecular flexibility index (Phi) is 4.91. The van der Waals surface area contributed by atoms with Crippen LogP contribution in [0.5, 0.6) is 0 Å². The van der Waals surface area contributed by atoms with Crippen molar-refractivity contribution in [2.45, 2.75) is 22.1 Å². The van der Waals surface area contributed by atoms with Crippen LogP contribution in [0, 0.1) is 0 Å². The first-order chi connectivity index (χ1) is 9.49. The van der Waals surface area contributed by atoms with Crippen LogP contribution in [-0.4, -0.2) is 21.7 Å². The number of furan rings is 1. The van der Waals surface area contributed by atoms with E-state index in [0.717, 1.165) is 22.2 Å². The average molecular weight is 311 g/mol. The van der Waals surface area contributed by atoms with Crippen molar-refractivity contribution in [1.29, 1.82) is 0 Å². The number of thioether (sulfide) groups is 1. The third kappa shape index (κ3) is 4.13. The van der Waals surface area contributed by atoms with Crippen LogP contribution in [-0.2, 0) is 22.1 Å². The van der Waals surface area contributed by atoms with Gasteiger partial charge in [-0.05, 0) is 43.4 Å². The van der Waals surface area contributed by atoms with Crippen LogP contribution in [0.2, 0.25) is 0 Å². The van der Waals surface area contributed by atoms with Crippen LogP contribution in [0.15, 0.2) is 50.6 Å². The van der Waals surface area contributed by atoms with E-state index in [1.165, 1.54) is 6.26 Å². The first-order valence-electron chi connectivity index (χ1n) is 6.14. The molecule has 0 aliphatic carbocycles. The maximum atomic E-state index is 11.4. The van der Waals surface area contributed by atoms with Crippen molar-refractivity contribution < 1.29 is 12.8 Å². The number of rotatable bonds is 6. The fraction of sp³-hybridized carbons (Fsp3) is 0.286. The van der Waals surface area contributed by atoms with E-state index in [9.17, 15) is 8.42 Å². The van der Waals surface area contributed by atoms with Gasteiger partial charge < -0.3 is 9.73 Å². The summed E-state index contributed by atoms with van der Waals surface area (Å²) in [5.74, 6) is 2.55. The maximum absolute atomic E-state index is 11.4. The molecule has 0 bridgehead atoms. The maximum Gasteiger partial charge on any atom is 0.175 e. The lowest BCUT2D eigenvalue weighted by Gasteiger charge is -2.02. The minimum Gasteiger partial charge on any atom is -0.464 e. The van der Waals surface area contributed by atoms with Gasteiger partial charge in [-0.15, -0.1) is 11.8 Å². The lowest BCUT2D eigenvalue weighted by atomic mass is 10.4. The molecule has 0 unspecified atom stereocenters. The van der Waals surface area contributed by atoms with Gasteiger partial charge in [-0.1, -0.05) is 0 Å². The normalized spacial score (nSPS) is 11.7. The summed E-state index contributed by atoms with van der Waals surface area (Å²) in [6, 6.07) is 10.8. The smallest absolute Gasteiger partial charge is 0.175 e. The lowest BCUT2D eigenvalue weighted by Crippen LogP contribution is -2.03. The van der Waals surface area contributed by atoms with Crippen LogP contribution in [0.1, 0.15) is 11.5 Å². The molecule has 1 aromatic carbocycles. The highest BCUT2D eigenvalue weighted by atomic mass is 32.2. The molecule has 0 aliphatic heterocycles. The SMILES string of the molecule is CNCc1ccc(CSc2ccc(S(C)(=O)=O)cc2)o1. The van der Waals surface area contributed by atoms with E-state index in [0.29, 0.717) is 11.4 Å². The Morgan fingerprint density at radius 3 is 2.35 bits per heavy atom. The van der Waals surface area contributed by atoms with Crippen LogP contribution >= 0.6 is 11.8 Å².